The van der Waals surface area contributed by atoms with Gasteiger partial charge in [0.2, 0.25) is 0 Å². The predicted molar refractivity (Wildman–Crippen MR) is 98.2 cm³/mol. The van der Waals surface area contributed by atoms with E-state index in [-0.39, 0.29) is 17.5 Å². The van der Waals surface area contributed by atoms with Gasteiger partial charge in [0.05, 0.1) is 6.20 Å². The summed E-state index contributed by atoms with van der Waals surface area (Å²) in [4.78, 5) is 16.9. The van der Waals surface area contributed by atoms with E-state index in [1.54, 1.807) is 30.3 Å². The molecule has 6 heteroatoms. The largest absolute Gasteiger partial charge is 0.317 e. The second-order valence-electron chi connectivity index (χ2n) is 6.92. The van der Waals surface area contributed by atoms with E-state index in [1.165, 1.54) is 6.07 Å². The highest BCUT2D eigenvalue weighted by Gasteiger charge is 2.21. The predicted octanol–water partition coefficient (Wildman–Crippen LogP) is 2.89. The van der Waals surface area contributed by atoms with E-state index in [1.807, 2.05) is 12.1 Å². The van der Waals surface area contributed by atoms with Gasteiger partial charge >= 0.3 is 0 Å². The van der Waals surface area contributed by atoms with Crippen LogP contribution < -0.4 is 5.32 Å². The number of aromatic nitrogens is 3. The number of fused-ring (bicyclic) bond motifs is 1. The first kappa shape index (κ1) is 16.8. The Morgan fingerprint density at radius 1 is 1.23 bits per heavy atom. The van der Waals surface area contributed by atoms with Gasteiger partial charge in [-0.3, -0.25) is 14.5 Å². The Labute approximate surface area is 151 Å². The molecule has 0 saturated carbocycles. The molecule has 3 aromatic rings. The average molecular weight is 352 g/mol. The summed E-state index contributed by atoms with van der Waals surface area (Å²) in [7, 11) is 1.80. The number of halogens is 1. The molecular weight excluding hydrogens is 331 g/mol. The molecule has 0 bridgehead atoms. The smallest absolute Gasteiger partial charge is 0.142 e. The van der Waals surface area contributed by atoms with Crippen LogP contribution in [0.5, 0.6) is 0 Å². The molecule has 134 valence electrons. The maximum atomic E-state index is 14.4. The monoisotopic (exact) mass is 352 g/mol. The van der Waals surface area contributed by atoms with Crippen molar-refractivity contribution < 1.29 is 9.18 Å². The number of hydrogen-bond donors (Lipinski definition) is 1. The number of hydrogen-bond acceptors (Lipinski definition) is 4. The fraction of sp³-hybridized carbons (Fsp3) is 0.350. The molecule has 0 spiro atoms. The van der Waals surface area contributed by atoms with Crippen molar-refractivity contribution in [2.75, 3.05) is 13.1 Å². The van der Waals surface area contributed by atoms with Crippen LogP contribution in [0.1, 0.15) is 18.5 Å². The quantitative estimate of drug-likeness (QED) is 0.784. The highest BCUT2D eigenvalue weighted by atomic mass is 19.1. The molecule has 0 unspecified atom stereocenters. The first-order chi connectivity index (χ1) is 12.6. The second-order valence-corrected chi connectivity index (χ2v) is 6.92. The van der Waals surface area contributed by atoms with E-state index in [0.717, 1.165) is 48.0 Å². The Kier molecular flexibility index (Phi) is 4.51. The van der Waals surface area contributed by atoms with Gasteiger partial charge in [-0.05, 0) is 49.5 Å². The number of pyridine rings is 1. The van der Waals surface area contributed by atoms with Crippen LogP contribution in [0.15, 0.2) is 36.8 Å². The number of aryl methyl sites for hydroxylation is 1. The van der Waals surface area contributed by atoms with Crippen LogP contribution >= 0.6 is 0 Å². The molecule has 2 aromatic heterocycles. The van der Waals surface area contributed by atoms with E-state index in [9.17, 15) is 9.18 Å². The van der Waals surface area contributed by atoms with Crippen molar-refractivity contribution in [2.24, 2.45) is 13.0 Å². The minimum atomic E-state index is -0.300. The molecule has 0 aliphatic carbocycles. The molecule has 1 saturated heterocycles. The van der Waals surface area contributed by atoms with Gasteiger partial charge in [-0.2, -0.15) is 5.10 Å². The third-order valence-corrected chi connectivity index (χ3v) is 5.03. The van der Waals surface area contributed by atoms with Gasteiger partial charge in [-0.1, -0.05) is 0 Å². The summed E-state index contributed by atoms with van der Waals surface area (Å²) in [6.07, 6.45) is 7.20. The minimum Gasteiger partial charge on any atom is -0.317 e. The van der Waals surface area contributed by atoms with Gasteiger partial charge in [0.15, 0.2) is 0 Å². The molecule has 1 fully saturated rings. The lowest BCUT2D eigenvalue weighted by Crippen LogP contribution is -2.32. The van der Waals surface area contributed by atoms with Crippen LogP contribution in [0.3, 0.4) is 0 Å². The van der Waals surface area contributed by atoms with Gasteiger partial charge < -0.3 is 5.32 Å². The third-order valence-electron chi connectivity index (χ3n) is 5.03. The lowest BCUT2D eigenvalue weighted by molar-refractivity contribution is -0.123. The number of nitrogens with zero attached hydrogens (tertiary/aromatic N) is 3. The maximum Gasteiger partial charge on any atom is 0.142 e. The van der Waals surface area contributed by atoms with Crippen LogP contribution in [0.25, 0.3) is 21.9 Å². The van der Waals surface area contributed by atoms with E-state index < -0.39 is 0 Å². The Morgan fingerprint density at radius 3 is 2.77 bits per heavy atom. The van der Waals surface area contributed by atoms with Gasteiger partial charge in [0, 0.05) is 54.0 Å². The zero-order chi connectivity index (χ0) is 18.1. The highest BCUT2D eigenvalue weighted by Crippen LogP contribution is 2.28. The van der Waals surface area contributed by atoms with E-state index in [4.69, 9.17) is 0 Å². The number of carbonyl (C=O) groups excluding carboxylic acids is 1. The van der Waals surface area contributed by atoms with Crippen molar-refractivity contribution in [1.29, 1.82) is 0 Å². The number of rotatable bonds is 4. The minimum absolute atomic E-state index is 0.118. The van der Waals surface area contributed by atoms with Crippen molar-refractivity contribution >= 4 is 16.6 Å². The summed E-state index contributed by atoms with van der Waals surface area (Å²) in [5.41, 5.74) is 1.98. The van der Waals surface area contributed by atoms with Crippen LogP contribution in [0.4, 0.5) is 4.39 Å². The third kappa shape index (κ3) is 3.37. The van der Waals surface area contributed by atoms with Gasteiger partial charge in [-0.25, -0.2) is 4.39 Å². The molecule has 1 aliphatic rings. The second kappa shape index (κ2) is 6.96. The molecule has 26 heavy (non-hydrogen) atoms. The molecule has 0 radical (unpaired) electrons. The average Bonchev–Trinajstić information content (AvgIpc) is 3.08. The summed E-state index contributed by atoms with van der Waals surface area (Å²) in [5.74, 6) is 0.0618. The zero-order valence-corrected chi connectivity index (χ0v) is 14.7. The Morgan fingerprint density at radius 2 is 2.04 bits per heavy atom. The number of carbonyl (C=O) groups is 1. The van der Waals surface area contributed by atoms with Gasteiger partial charge in [0.1, 0.15) is 11.6 Å². The summed E-state index contributed by atoms with van der Waals surface area (Å²) in [6.45, 7) is 1.80. The van der Waals surface area contributed by atoms with Crippen LogP contribution in [0, 0.1) is 11.7 Å². The summed E-state index contributed by atoms with van der Waals surface area (Å²) < 4.78 is 16.1. The molecule has 0 atom stereocenters. The number of piperidine rings is 1. The number of nitrogens with one attached hydrogen (secondary N) is 1. The molecular formula is C20H21FN4O. The first-order valence-electron chi connectivity index (χ1n) is 8.91. The standard InChI is InChI=1S/C20H21FN4O/c1-25-12-16(11-24-25)18-7-14-6-17(23-10-15(14)8-19(18)21)9-20(26)13-2-4-22-5-3-13/h6-8,10-13,22H,2-5,9H2,1H3. The fourth-order valence-electron chi connectivity index (χ4n) is 3.56. The van der Waals surface area contributed by atoms with E-state index in [2.05, 4.69) is 15.4 Å². The molecule has 0 amide bonds. The van der Waals surface area contributed by atoms with Crippen LogP contribution in [-0.4, -0.2) is 33.6 Å². The number of Topliss-reactive ketones (excluding diaryl/α,β-unsaturated/α-hetero) is 1. The van der Waals surface area contributed by atoms with Crippen molar-refractivity contribution in [3.8, 4) is 11.1 Å². The molecule has 1 N–H and O–H groups in total. The Hall–Kier alpha value is -2.60. The number of ketones is 1. The molecule has 5 nitrogen and oxygen atoms in total. The van der Waals surface area contributed by atoms with Crippen molar-refractivity contribution in [1.82, 2.24) is 20.1 Å². The van der Waals surface area contributed by atoms with Crippen LogP contribution in [-0.2, 0) is 18.3 Å². The molecule has 4 rings (SSSR count). The first-order valence-corrected chi connectivity index (χ1v) is 8.91. The summed E-state index contributed by atoms with van der Waals surface area (Å²) >= 11 is 0. The topological polar surface area (TPSA) is 59.8 Å². The Bertz CT molecular complexity index is 960. The fourth-order valence-corrected chi connectivity index (χ4v) is 3.56. The van der Waals surface area contributed by atoms with E-state index >= 15 is 0 Å². The van der Waals surface area contributed by atoms with Crippen LogP contribution in [0.2, 0.25) is 0 Å². The normalized spacial score (nSPS) is 15.5. The Balaban J connectivity index is 1.63. The number of benzene rings is 1. The van der Waals surface area contributed by atoms with Gasteiger partial charge in [-0.15, -0.1) is 0 Å². The van der Waals surface area contributed by atoms with Crippen molar-refractivity contribution in [2.45, 2.75) is 19.3 Å². The summed E-state index contributed by atoms with van der Waals surface area (Å²) in [5, 5.41) is 9.00. The van der Waals surface area contributed by atoms with E-state index in [0.29, 0.717) is 12.0 Å². The summed E-state index contributed by atoms with van der Waals surface area (Å²) in [6, 6.07) is 5.19. The SMILES string of the molecule is Cn1cc(-c2cc3cc(CC(=O)C4CCNCC4)ncc3cc2F)cn1. The maximum absolute atomic E-state index is 14.4. The lowest BCUT2D eigenvalue weighted by Gasteiger charge is -2.21. The highest BCUT2D eigenvalue weighted by molar-refractivity contribution is 5.89. The van der Waals surface area contributed by atoms with Crippen molar-refractivity contribution in [3.05, 3.63) is 48.3 Å². The lowest BCUT2D eigenvalue weighted by atomic mass is 9.91. The molecule has 3 heterocycles. The van der Waals surface area contributed by atoms with Crippen molar-refractivity contribution in [3.63, 3.8) is 0 Å². The molecule has 1 aliphatic heterocycles. The van der Waals surface area contributed by atoms with Gasteiger partial charge in [0.25, 0.3) is 0 Å². The zero-order valence-electron chi connectivity index (χ0n) is 14.7. The molecule has 1 aromatic carbocycles.